The highest BCUT2D eigenvalue weighted by Crippen LogP contribution is 2.19. The van der Waals surface area contributed by atoms with E-state index in [1.807, 2.05) is 6.20 Å². The van der Waals surface area contributed by atoms with Crippen molar-refractivity contribution in [1.82, 2.24) is 9.97 Å². The molecule has 0 radical (unpaired) electrons. The number of rotatable bonds is 3. The molecule has 0 saturated carbocycles. The Labute approximate surface area is 100 Å². The average molecular weight is 235 g/mol. The molecule has 17 heavy (non-hydrogen) atoms. The first kappa shape index (κ1) is 11.8. The molecule has 5 heteroatoms. The Bertz CT molecular complexity index is 420. The molecule has 0 bridgehead atoms. The molecule has 0 aliphatic heterocycles. The van der Waals surface area contributed by atoms with Crippen LogP contribution in [0.3, 0.4) is 0 Å². The van der Waals surface area contributed by atoms with Gasteiger partial charge in [-0.25, -0.2) is 9.97 Å². The Kier molecular flexibility index (Phi) is 3.56. The van der Waals surface area contributed by atoms with Gasteiger partial charge in [0.25, 0.3) is 0 Å². The van der Waals surface area contributed by atoms with E-state index in [-0.39, 0.29) is 6.54 Å². The Morgan fingerprint density at radius 3 is 2.94 bits per heavy atom. The summed E-state index contributed by atoms with van der Waals surface area (Å²) in [6.45, 7) is -0.0706. The summed E-state index contributed by atoms with van der Waals surface area (Å²) in [7, 11) is 1.70. The van der Waals surface area contributed by atoms with Gasteiger partial charge in [0.2, 0.25) is 5.95 Å². The molecule has 1 heterocycles. The molecule has 0 fully saturated rings. The fraction of sp³-hybridized carbons (Fsp3) is 0.583. The molecule has 0 spiro atoms. The number of likely N-dealkylation sites (N-methyl/N-ethyl adjacent to an activating group) is 1. The van der Waals surface area contributed by atoms with Gasteiger partial charge >= 0.3 is 5.97 Å². The van der Waals surface area contributed by atoms with Gasteiger partial charge in [-0.3, -0.25) is 4.79 Å². The maximum absolute atomic E-state index is 10.6. The number of hydrogen-bond acceptors (Lipinski definition) is 4. The van der Waals surface area contributed by atoms with Gasteiger partial charge in [0.1, 0.15) is 6.54 Å². The van der Waals surface area contributed by atoms with Crippen LogP contribution >= 0.6 is 0 Å². The van der Waals surface area contributed by atoms with Crippen LogP contribution in [0.25, 0.3) is 0 Å². The molecular formula is C12H17N3O2. The Morgan fingerprint density at radius 2 is 2.18 bits per heavy atom. The van der Waals surface area contributed by atoms with E-state index in [4.69, 9.17) is 5.11 Å². The number of fused-ring (bicyclic) bond motifs is 1. The number of carbonyl (C=O) groups is 1. The smallest absolute Gasteiger partial charge is 0.323 e. The summed E-state index contributed by atoms with van der Waals surface area (Å²) in [5.41, 5.74) is 2.31. The van der Waals surface area contributed by atoms with Gasteiger partial charge in [0.05, 0.1) is 0 Å². The lowest BCUT2D eigenvalue weighted by Gasteiger charge is -2.15. The van der Waals surface area contributed by atoms with Gasteiger partial charge in [-0.2, -0.15) is 0 Å². The van der Waals surface area contributed by atoms with Crippen molar-refractivity contribution in [3.05, 3.63) is 17.5 Å². The fourth-order valence-electron chi connectivity index (χ4n) is 2.10. The van der Waals surface area contributed by atoms with Gasteiger partial charge in [-0.05, 0) is 31.2 Å². The van der Waals surface area contributed by atoms with Crippen molar-refractivity contribution in [1.29, 1.82) is 0 Å². The molecule has 0 aromatic carbocycles. The third kappa shape index (κ3) is 2.93. The normalized spacial score (nSPS) is 14.9. The van der Waals surface area contributed by atoms with Crippen molar-refractivity contribution >= 4 is 11.9 Å². The van der Waals surface area contributed by atoms with Crippen molar-refractivity contribution in [3.63, 3.8) is 0 Å². The maximum atomic E-state index is 10.6. The molecule has 2 rings (SSSR count). The first-order valence-corrected chi connectivity index (χ1v) is 5.94. The van der Waals surface area contributed by atoms with E-state index in [0.717, 1.165) is 25.0 Å². The minimum absolute atomic E-state index is 0.0706. The molecule has 1 aromatic heterocycles. The summed E-state index contributed by atoms with van der Waals surface area (Å²) >= 11 is 0. The summed E-state index contributed by atoms with van der Waals surface area (Å²) < 4.78 is 0. The van der Waals surface area contributed by atoms with Crippen LogP contribution in [0, 0.1) is 0 Å². The van der Waals surface area contributed by atoms with Crippen LogP contribution in [0.15, 0.2) is 6.20 Å². The maximum Gasteiger partial charge on any atom is 0.323 e. The molecule has 0 saturated heterocycles. The molecule has 1 aliphatic rings. The summed E-state index contributed by atoms with van der Waals surface area (Å²) in [5.74, 6) is -0.362. The molecule has 0 unspecified atom stereocenters. The van der Waals surface area contributed by atoms with Gasteiger partial charge in [-0.15, -0.1) is 0 Å². The number of aromatic nitrogens is 2. The highest BCUT2D eigenvalue weighted by Gasteiger charge is 2.14. The topological polar surface area (TPSA) is 66.3 Å². The zero-order chi connectivity index (χ0) is 12.3. The van der Waals surface area contributed by atoms with Crippen molar-refractivity contribution in [3.8, 4) is 0 Å². The van der Waals surface area contributed by atoms with Gasteiger partial charge in [0.15, 0.2) is 0 Å². The summed E-state index contributed by atoms with van der Waals surface area (Å²) in [6, 6.07) is 0. The van der Waals surface area contributed by atoms with E-state index in [1.54, 1.807) is 11.9 Å². The summed E-state index contributed by atoms with van der Waals surface area (Å²) in [5, 5.41) is 8.73. The number of aryl methyl sites for hydroxylation is 2. The van der Waals surface area contributed by atoms with E-state index < -0.39 is 5.97 Å². The molecular weight excluding hydrogens is 218 g/mol. The van der Waals surface area contributed by atoms with E-state index in [0.29, 0.717) is 5.95 Å². The van der Waals surface area contributed by atoms with Crippen LogP contribution in [0.1, 0.15) is 30.5 Å². The number of hydrogen-bond donors (Lipinski definition) is 1. The molecule has 1 N–H and O–H groups in total. The second-order valence-corrected chi connectivity index (χ2v) is 4.45. The zero-order valence-corrected chi connectivity index (χ0v) is 10.0. The molecule has 92 valence electrons. The van der Waals surface area contributed by atoms with Crippen molar-refractivity contribution in [2.75, 3.05) is 18.5 Å². The quantitative estimate of drug-likeness (QED) is 0.799. The molecule has 1 aromatic rings. The highest BCUT2D eigenvalue weighted by atomic mass is 16.4. The summed E-state index contributed by atoms with van der Waals surface area (Å²) in [6.07, 6.45) is 7.45. The highest BCUT2D eigenvalue weighted by molar-refractivity contribution is 5.72. The second-order valence-electron chi connectivity index (χ2n) is 4.45. The Balaban J connectivity index is 2.20. The van der Waals surface area contributed by atoms with Crippen molar-refractivity contribution in [2.24, 2.45) is 0 Å². The lowest BCUT2D eigenvalue weighted by Crippen LogP contribution is -2.27. The van der Waals surface area contributed by atoms with Crippen molar-refractivity contribution in [2.45, 2.75) is 32.1 Å². The SMILES string of the molecule is CN(CC(=O)O)c1ncc2c(n1)CCCCC2. The van der Waals surface area contributed by atoms with Gasteiger partial charge in [-0.1, -0.05) is 6.42 Å². The first-order chi connectivity index (χ1) is 8.16. The van der Waals surface area contributed by atoms with Gasteiger partial charge in [0, 0.05) is 18.9 Å². The first-order valence-electron chi connectivity index (χ1n) is 5.94. The van der Waals surface area contributed by atoms with Crippen LogP contribution < -0.4 is 4.90 Å². The van der Waals surface area contributed by atoms with Crippen LogP contribution in [-0.2, 0) is 17.6 Å². The van der Waals surface area contributed by atoms with Gasteiger partial charge < -0.3 is 10.0 Å². The average Bonchev–Trinajstić information content (AvgIpc) is 2.51. The van der Waals surface area contributed by atoms with Crippen molar-refractivity contribution < 1.29 is 9.90 Å². The number of carboxylic acid groups (broad SMARTS) is 1. The van der Waals surface area contributed by atoms with Crippen LogP contribution in [0.5, 0.6) is 0 Å². The number of carboxylic acids is 1. The number of nitrogens with zero attached hydrogens (tertiary/aromatic N) is 3. The van der Waals surface area contributed by atoms with E-state index >= 15 is 0 Å². The molecule has 5 nitrogen and oxygen atoms in total. The number of aliphatic carboxylic acids is 1. The van der Waals surface area contributed by atoms with Crippen LogP contribution in [-0.4, -0.2) is 34.6 Å². The zero-order valence-electron chi connectivity index (χ0n) is 10.0. The van der Waals surface area contributed by atoms with Crippen LogP contribution in [0.4, 0.5) is 5.95 Å². The lowest BCUT2D eigenvalue weighted by molar-refractivity contribution is -0.135. The molecule has 1 aliphatic carbocycles. The standard InChI is InChI=1S/C12H17N3O2/c1-15(8-11(16)17)12-13-7-9-5-3-2-4-6-10(9)14-12/h7H,2-6,8H2,1H3,(H,16,17). The monoisotopic (exact) mass is 235 g/mol. The van der Waals surface area contributed by atoms with E-state index in [1.165, 1.54) is 18.4 Å². The van der Waals surface area contributed by atoms with Crippen LogP contribution in [0.2, 0.25) is 0 Å². The van der Waals surface area contributed by atoms with E-state index in [2.05, 4.69) is 9.97 Å². The lowest BCUT2D eigenvalue weighted by atomic mass is 10.1. The Morgan fingerprint density at radius 1 is 1.41 bits per heavy atom. The summed E-state index contributed by atoms with van der Waals surface area (Å²) in [4.78, 5) is 20.9. The predicted molar refractivity (Wildman–Crippen MR) is 64.2 cm³/mol. The minimum atomic E-state index is -0.869. The third-order valence-electron chi connectivity index (χ3n) is 3.02. The third-order valence-corrected chi connectivity index (χ3v) is 3.02. The largest absolute Gasteiger partial charge is 0.480 e. The fourth-order valence-corrected chi connectivity index (χ4v) is 2.10. The Hall–Kier alpha value is -1.65. The molecule has 0 atom stereocenters. The second kappa shape index (κ2) is 5.12. The van der Waals surface area contributed by atoms with E-state index in [9.17, 15) is 4.79 Å². The number of anilines is 1. The predicted octanol–water partition coefficient (Wildman–Crippen LogP) is 1.27. The molecule has 0 amide bonds. The minimum Gasteiger partial charge on any atom is -0.480 e.